The molecule has 0 aromatic heterocycles. The van der Waals surface area contributed by atoms with Crippen LogP contribution in [0.2, 0.25) is 5.02 Å². The molecule has 1 aliphatic rings. The maximum Gasteiger partial charge on any atom is 0.257 e. The molecule has 1 heterocycles. The van der Waals surface area contributed by atoms with E-state index in [0.717, 1.165) is 13.0 Å². The van der Waals surface area contributed by atoms with E-state index >= 15 is 0 Å². The lowest BCUT2D eigenvalue weighted by Gasteiger charge is -2.22. The largest absolute Gasteiger partial charge is 0.507 e. The lowest BCUT2D eigenvalue weighted by molar-refractivity contribution is 0.0741. The highest BCUT2D eigenvalue weighted by Crippen LogP contribution is 2.28. The molecule has 2 atom stereocenters. The van der Waals surface area contributed by atoms with Crippen LogP contribution in [-0.2, 0) is 0 Å². The van der Waals surface area contributed by atoms with Gasteiger partial charge in [0, 0.05) is 17.6 Å². The molecular formula is C13H16ClNO2. The van der Waals surface area contributed by atoms with E-state index in [0.29, 0.717) is 16.5 Å². The Morgan fingerprint density at radius 1 is 1.47 bits per heavy atom. The van der Waals surface area contributed by atoms with E-state index in [9.17, 15) is 9.90 Å². The van der Waals surface area contributed by atoms with Crippen molar-refractivity contribution in [2.24, 2.45) is 5.92 Å². The number of carbonyl (C=O) groups excluding carboxylic acids is 1. The second-order valence-corrected chi connectivity index (χ2v) is 5.25. The number of hydrogen-bond acceptors (Lipinski definition) is 2. The molecule has 1 aromatic carbocycles. The van der Waals surface area contributed by atoms with Crippen LogP contribution < -0.4 is 0 Å². The monoisotopic (exact) mass is 253 g/mol. The number of amides is 1. The van der Waals surface area contributed by atoms with Gasteiger partial charge in [0.1, 0.15) is 5.75 Å². The van der Waals surface area contributed by atoms with Crippen LogP contribution in [0.3, 0.4) is 0 Å². The fraction of sp³-hybridized carbons (Fsp3) is 0.462. The zero-order valence-corrected chi connectivity index (χ0v) is 10.7. The standard InChI is InChI=1S/C13H16ClNO2/c1-8-5-9(2)15(7-8)13(17)11-6-10(14)3-4-12(11)16/h3-4,6,8-9,16H,5,7H2,1-2H3. The molecule has 1 fully saturated rings. The Morgan fingerprint density at radius 2 is 2.18 bits per heavy atom. The number of likely N-dealkylation sites (tertiary alicyclic amines) is 1. The number of hydrogen-bond donors (Lipinski definition) is 1. The molecule has 0 aliphatic carbocycles. The molecular weight excluding hydrogens is 238 g/mol. The third kappa shape index (κ3) is 2.39. The Kier molecular flexibility index (Phi) is 3.29. The molecule has 1 saturated heterocycles. The van der Waals surface area contributed by atoms with Crippen LogP contribution in [-0.4, -0.2) is 28.5 Å². The van der Waals surface area contributed by atoms with Crippen molar-refractivity contribution in [3.63, 3.8) is 0 Å². The van der Waals surface area contributed by atoms with Gasteiger partial charge in [-0.2, -0.15) is 0 Å². The fourth-order valence-corrected chi connectivity index (χ4v) is 2.59. The Labute approximate surface area is 106 Å². The summed E-state index contributed by atoms with van der Waals surface area (Å²) in [6, 6.07) is 4.77. The van der Waals surface area contributed by atoms with Gasteiger partial charge in [0.25, 0.3) is 5.91 Å². The molecule has 2 unspecified atom stereocenters. The van der Waals surface area contributed by atoms with E-state index < -0.39 is 0 Å². The van der Waals surface area contributed by atoms with Crippen LogP contribution >= 0.6 is 11.6 Å². The molecule has 1 aromatic rings. The number of nitrogens with zero attached hydrogens (tertiary/aromatic N) is 1. The van der Waals surface area contributed by atoms with Gasteiger partial charge in [-0.1, -0.05) is 18.5 Å². The van der Waals surface area contributed by atoms with Crippen molar-refractivity contribution >= 4 is 17.5 Å². The second-order valence-electron chi connectivity index (χ2n) is 4.81. The number of aromatic hydroxyl groups is 1. The molecule has 1 aliphatic heterocycles. The molecule has 2 rings (SSSR count). The lowest BCUT2D eigenvalue weighted by Crippen LogP contribution is -2.33. The van der Waals surface area contributed by atoms with Gasteiger partial charge in [0.15, 0.2) is 0 Å². The molecule has 0 saturated carbocycles. The van der Waals surface area contributed by atoms with Gasteiger partial charge in [0.2, 0.25) is 0 Å². The molecule has 3 nitrogen and oxygen atoms in total. The number of rotatable bonds is 1. The molecule has 0 bridgehead atoms. The molecule has 92 valence electrons. The zero-order valence-electron chi connectivity index (χ0n) is 9.98. The molecule has 0 radical (unpaired) electrons. The summed E-state index contributed by atoms with van der Waals surface area (Å²) < 4.78 is 0. The van der Waals surface area contributed by atoms with Gasteiger partial charge in [-0.3, -0.25) is 4.79 Å². The van der Waals surface area contributed by atoms with E-state index in [-0.39, 0.29) is 17.7 Å². The Bertz CT molecular complexity index is 447. The van der Waals surface area contributed by atoms with E-state index in [1.54, 1.807) is 11.0 Å². The topological polar surface area (TPSA) is 40.5 Å². The SMILES string of the molecule is CC1CC(C)N(C(=O)c2cc(Cl)ccc2O)C1. The van der Waals surface area contributed by atoms with Crippen molar-refractivity contribution in [2.45, 2.75) is 26.3 Å². The van der Waals surface area contributed by atoms with Gasteiger partial charge in [-0.25, -0.2) is 0 Å². The third-order valence-electron chi connectivity index (χ3n) is 3.23. The van der Waals surface area contributed by atoms with Crippen LogP contribution in [0.25, 0.3) is 0 Å². The van der Waals surface area contributed by atoms with Gasteiger partial charge in [-0.15, -0.1) is 0 Å². The molecule has 1 N–H and O–H groups in total. The van der Waals surface area contributed by atoms with Crippen LogP contribution in [0.4, 0.5) is 0 Å². The first kappa shape index (κ1) is 12.2. The Balaban J connectivity index is 2.28. The Morgan fingerprint density at radius 3 is 2.76 bits per heavy atom. The van der Waals surface area contributed by atoms with Gasteiger partial charge in [-0.05, 0) is 37.5 Å². The zero-order chi connectivity index (χ0) is 12.6. The number of phenolic OH excluding ortho intramolecular Hbond substituents is 1. The van der Waals surface area contributed by atoms with Crippen molar-refractivity contribution in [1.29, 1.82) is 0 Å². The summed E-state index contributed by atoms with van der Waals surface area (Å²) in [6.07, 6.45) is 1.01. The van der Waals surface area contributed by atoms with Gasteiger partial charge < -0.3 is 10.0 Å². The minimum Gasteiger partial charge on any atom is -0.507 e. The van der Waals surface area contributed by atoms with E-state index in [2.05, 4.69) is 6.92 Å². The summed E-state index contributed by atoms with van der Waals surface area (Å²) in [5, 5.41) is 10.2. The fourth-order valence-electron chi connectivity index (χ4n) is 2.42. The van der Waals surface area contributed by atoms with Crippen molar-refractivity contribution < 1.29 is 9.90 Å². The summed E-state index contributed by atoms with van der Waals surface area (Å²) >= 11 is 5.85. The molecule has 4 heteroatoms. The van der Waals surface area contributed by atoms with Gasteiger partial charge >= 0.3 is 0 Å². The first-order chi connectivity index (χ1) is 7.99. The summed E-state index contributed by atoms with van der Waals surface area (Å²) in [5.74, 6) is 0.364. The number of carbonyl (C=O) groups is 1. The van der Waals surface area contributed by atoms with Crippen molar-refractivity contribution in [3.8, 4) is 5.75 Å². The first-order valence-electron chi connectivity index (χ1n) is 5.78. The van der Waals surface area contributed by atoms with E-state index in [1.807, 2.05) is 6.92 Å². The number of halogens is 1. The smallest absolute Gasteiger partial charge is 0.257 e. The minimum absolute atomic E-state index is 0.00819. The molecule has 17 heavy (non-hydrogen) atoms. The molecule has 0 spiro atoms. The van der Waals surface area contributed by atoms with Crippen molar-refractivity contribution in [3.05, 3.63) is 28.8 Å². The summed E-state index contributed by atoms with van der Waals surface area (Å²) in [5.41, 5.74) is 0.290. The maximum atomic E-state index is 12.3. The van der Waals surface area contributed by atoms with E-state index in [4.69, 9.17) is 11.6 Å². The predicted molar refractivity (Wildman–Crippen MR) is 67.4 cm³/mol. The lowest BCUT2D eigenvalue weighted by atomic mass is 10.1. The summed E-state index contributed by atoms with van der Waals surface area (Å²) in [4.78, 5) is 14.1. The average Bonchev–Trinajstić information content (AvgIpc) is 2.60. The van der Waals surface area contributed by atoms with Crippen molar-refractivity contribution in [1.82, 2.24) is 4.90 Å². The maximum absolute atomic E-state index is 12.3. The van der Waals surface area contributed by atoms with Gasteiger partial charge in [0.05, 0.1) is 5.56 Å². The third-order valence-corrected chi connectivity index (χ3v) is 3.47. The van der Waals surface area contributed by atoms with Crippen LogP contribution in [0.15, 0.2) is 18.2 Å². The average molecular weight is 254 g/mol. The highest BCUT2D eigenvalue weighted by molar-refractivity contribution is 6.31. The summed E-state index contributed by atoms with van der Waals surface area (Å²) in [6.45, 7) is 4.90. The molecule has 1 amide bonds. The van der Waals surface area contributed by atoms with E-state index in [1.165, 1.54) is 12.1 Å². The number of phenols is 1. The van der Waals surface area contributed by atoms with Crippen LogP contribution in [0.5, 0.6) is 5.75 Å². The van der Waals surface area contributed by atoms with Crippen LogP contribution in [0, 0.1) is 5.92 Å². The summed E-state index contributed by atoms with van der Waals surface area (Å²) in [7, 11) is 0. The second kappa shape index (κ2) is 4.57. The van der Waals surface area contributed by atoms with Crippen molar-refractivity contribution in [2.75, 3.05) is 6.54 Å². The predicted octanol–water partition coefficient (Wildman–Crippen LogP) is 2.92. The Hall–Kier alpha value is -1.22. The normalized spacial score (nSPS) is 24.1. The quantitative estimate of drug-likeness (QED) is 0.836. The highest BCUT2D eigenvalue weighted by atomic mass is 35.5. The number of benzene rings is 1. The van der Waals surface area contributed by atoms with Crippen LogP contribution in [0.1, 0.15) is 30.6 Å². The minimum atomic E-state index is -0.137. The highest BCUT2D eigenvalue weighted by Gasteiger charge is 2.31. The first-order valence-corrected chi connectivity index (χ1v) is 6.16.